The van der Waals surface area contributed by atoms with Gasteiger partial charge >= 0.3 is 5.97 Å². The van der Waals surface area contributed by atoms with Gasteiger partial charge < -0.3 is 9.47 Å². The maximum atomic E-state index is 11.5. The van der Waals surface area contributed by atoms with E-state index in [-0.39, 0.29) is 12.1 Å². The maximum Gasteiger partial charge on any atom is 0.338 e. The molecule has 0 bridgehead atoms. The summed E-state index contributed by atoms with van der Waals surface area (Å²) in [4.78, 5) is 11.5. The Morgan fingerprint density at radius 1 is 1.19 bits per heavy atom. The van der Waals surface area contributed by atoms with E-state index in [1.807, 2.05) is 33.8 Å². The summed E-state index contributed by atoms with van der Waals surface area (Å²) in [5.74, 6) is 0.511. The molecule has 0 N–H and O–H groups in total. The lowest BCUT2D eigenvalue weighted by Crippen LogP contribution is -2.09. The summed E-state index contributed by atoms with van der Waals surface area (Å²) in [7, 11) is 1.38. The first-order chi connectivity index (χ1) is 7.45. The molecule has 0 unspecified atom stereocenters. The normalized spacial score (nSPS) is 10.4. The van der Waals surface area contributed by atoms with Crippen LogP contribution in [0.2, 0.25) is 0 Å². The highest BCUT2D eigenvalue weighted by Gasteiger charge is 2.12. The number of hydrogen-bond acceptors (Lipinski definition) is 3. The number of carbonyl (C=O) groups excluding carboxylic acids is 1. The van der Waals surface area contributed by atoms with Crippen LogP contribution < -0.4 is 4.74 Å². The van der Waals surface area contributed by atoms with Crippen LogP contribution in [0.1, 0.15) is 35.3 Å². The van der Waals surface area contributed by atoms with E-state index >= 15 is 0 Å². The minimum atomic E-state index is -0.309. The molecule has 16 heavy (non-hydrogen) atoms. The molecule has 0 heterocycles. The number of aryl methyl sites for hydroxylation is 2. The lowest BCUT2D eigenvalue weighted by molar-refractivity contribution is 0.0599. The number of benzene rings is 1. The first-order valence-corrected chi connectivity index (χ1v) is 5.32. The smallest absolute Gasteiger partial charge is 0.338 e. The quantitative estimate of drug-likeness (QED) is 0.738. The molecule has 88 valence electrons. The lowest BCUT2D eigenvalue weighted by Gasteiger charge is -2.14. The molecule has 1 aromatic rings. The van der Waals surface area contributed by atoms with E-state index in [4.69, 9.17) is 9.47 Å². The fourth-order valence-corrected chi connectivity index (χ4v) is 1.50. The number of hydrogen-bond donors (Lipinski definition) is 0. The SMILES string of the molecule is COC(=O)c1cc(C)c(OC(C)C)cc1C. The molecule has 0 saturated carbocycles. The summed E-state index contributed by atoms with van der Waals surface area (Å²) < 4.78 is 10.4. The third kappa shape index (κ3) is 2.75. The molecule has 0 atom stereocenters. The van der Waals surface area contributed by atoms with Gasteiger partial charge in [0.05, 0.1) is 18.8 Å². The van der Waals surface area contributed by atoms with E-state index < -0.39 is 0 Å². The largest absolute Gasteiger partial charge is 0.491 e. The fraction of sp³-hybridized carbons (Fsp3) is 0.462. The van der Waals surface area contributed by atoms with Crippen molar-refractivity contribution in [2.24, 2.45) is 0 Å². The highest BCUT2D eigenvalue weighted by molar-refractivity contribution is 5.91. The number of carbonyl (C=O) groups is 1. The van der Waals surface area contributed by atoms with Gasteiger partial charge in [0, 0.05) is 0 Å². The van der Waals surface area contributed by atoms with Gasteiger partial charge in [-0.2, -0.15) is 0 Å². The molecular weight excluding hydrogens is 204 g/mol. The van der Waals surface area contributed by atoms with Gasteiger partial charge in [-0.05, 0) is 51.0 Å². The molecular formula is C13H18O3. The van der Waals surface area contributed by atoms with Crippen LogP contribution in [0.4, 0.5) is 0 Å². The van der Waals surface area contributed by atoms with Crippen LogP contribution >= 0.6 is 0 Å². The van der Waals surface area contributed by atoms with Crippen molar-refractivity contribution in [1.29, 1.82) is 0 Å². The van der Waals surface area contributed by atoms with Crippen LogP contribution in [-0.2, 0) is 4.74 Å². The molecule has 0 aliphatic carbocycles. The molecule has 0 aromatic heterocycles. The van der Waals surface area contributed by atoms with Crippen LogP contribution in [0.3, 0.4) is 0 Å². The fourth-order valence-electron chi connectivity index (χ4n) is 1.50. The Morgan fingerprint density at radius 3 is 2.31 bits per heavy atom. The van der Waals surface area contributed by atoms with Gasteiger partial charge in [0.1, 0.15) is 5.75 Å². The minimum Gasteiger partial charge on any atom is -0.491 e. The Balaban J connectivity index is 3.11. The number of rotatable bonds is 3. The summed E-state index contributed by atoms with van der Waals surface area (Å²) in [6.07, 6.45) is 0.127. The Hall–Kier alpha value is -1.51. The Kier molecular flexibility index (Phi) is 3.93. The summed E-state index contributed by atoms with van der Waals surface area (Å²) in [5, 5.41) is 0. The zero-order valence-electron chi connectivity index (χ0n) is 10.5. The van der Waals surface area contributed by atoms with Gasteiger partial charge in [-0.15, -0.1) is 0 Å². The molecule has 3 nitrogen and oxygen atoms in total. The average Bonchev–Trinajstić information content (AvgIpc) is 2.21. The zero-order chi connectivity index (χ0) is 12.3. The molecule has 0 fully saturated rings. The molecule has 0 aliphatic heterocycles. The van der Waals surface area contributed by atoms with Crippen LogP contribution in [0.25, 0.3) is 0 Å². The van der Waals surface area contributed by atoms with Crippen molar-refractivity contribution < 1.29 is 14.3 Å². The van der Waals surface area contributed by atoms with Gasteiger partial charge in [0.2, 0.25) is 0 Å². The topological polar surface area (TPSA) is 35.5 Å². The molecule has 3 heteroatoms. The predicted molar refractivity (Wildman–Crippen MR) is 63.0 cm³/mol. The number of esters is 1. The Bertz CT molecular complexity index is 394. The standard InChI is InChI=1S/C13H18O3/c1-8(2)16-12-7-9(3)11(6-10(12)4)13(14)15-5/h6-8H,1-5H3. The average molecular weight is 222 g/mol. The third-order valence-electron chi connectivity index (χ3n) is 2.29. The van der Waals surface area contributed by atoms with Crippen LogP contribution in [-0.4, -0.2) is 19.2 Å². The second-order valence-corrected chi connectivity index (χ2v) is 4.09. The van der Waals surface area contributed by atoms with Crippen molar-refractivity contribution in [2.45, 2.75) is 33.8 Å². The van der Waals surface area contributed by atoms with E-state index in [1.165, 1.54) is 7.11 Å². The first kappa shape index (κ1) is 12.6. The van der Waals surface area contributed by atoms with Crippen molar-refractivity contribution in [3.8, 4) is 5.75 Å². The lowest BCUT2D eigenvalue weighted by atomic mass is 10.0. The first-order valence-electron chi connectivity index (χ1n) is 5.32. The number of methoxy groups -OCH3 is 1. The van der Waals surface area contributed by atoms with E-state index in [2.05, 4.69) is 0 Å². The molecule has 0 amide bonds. The van der Waals surface area contributed by atoms with Gasteiger partial charge in [0.25, 0.3) is 0 Å². The van der Waals surface area contributed by atoms with E-state index in [1.54, 1.807) is 6.07 Å². The maximum absolute atomic E-state index is 11.5. The zero-order valence-corrected chi connectivity index (χ0v) is 10.5. The predicted octanol–water partition coefficient (Wildman–Crippen LogP) is 2.88. The van der Waals surface area contributed by atoms with Gasteiger partial charge in [-0.3, -0.25) is 0 Å². The summed E-state index contributed by atoms with van der Waals surface area (Å²) in [5.41, 5.74) is 2.41. The monoisotopic (exact) mass is 222 g/mol. The van der Waals surface area contributed by atoms with Crippen molar-refractivity contribution >= 4 is 5.97 Å². The highest BCUT2D eigenvalue weighted by Crippen LogP contribution is 2.24. The van der Waals surface area contributed by atoms with Gasteiger partial charge in [0.15, 0.2) is 0 Å². The van der Waals surface area contributed by atoms with Crippen molar-refractivity contribution in [2.75, 3.05) is 7.11 Å². The molecule has 0 aliphatic rings. The van der Waals surface area contributed by atoms with Gasteiger partial charge in [-0.1, -0.05) is 0 Å². The van der Waals surface area contributed by atoms with Crippen LogP contribution in [0.15, 0.2) is 12.1 Å². The summed E-state index contributed by atoms with van der Waals surface area (Å²) in [6.45, 7) is 7.74. The second kappa shape index (κ2) is 5.01. The van der Waals surface area contributed by atoms with E-state index in [9.17, 15) is 4.79 Å². The van der Waals surface area contributed by atoms with E-state index in [0.717, 1.165) is 16.9 Å². The Morgan fingerprint density at radius 2 is 1.81 bits per heavy atom. The van der Waals surface area contributed by atoms with Gasteiger partial charge in [-0.25, -0.2) is 4.79 Å². The molecule has 1 rings (SSSR count). The molecule has 1 aromatic carbocycles. The van der Waals surface area contributed by atoms with Crippen LogP contribution in [0.5, 0.6) is 5.75 Å². The van der Waals surface area contributed by atoms with E-state index in [0.29, 0.717) is 5.56 Å². The molecule has 0 spiro atoms. The highest BCUT2D eigenvalue weighted by atomic mass is 16.5. The molecule has 0 saturated heterocycles. The van der Waals surface area contributed by atoms with Crippen molar-refractivity contribution in [3.63, 3.8) is 0 Å². The Labute approximate surface area is 96.4 Å². The minimum absolute atomic E-state index is 0.127. The van der Waals surface area contributed by atoms with Crippen molar-refractivity contribution in [1.82, 2.24) is 0 Å². The van der Waals surface area contributed by atoms with Crippen LogP contribution in [0, 0.1) is 13.8 Å². The molecule has 0 radical (unpaired) electrons. The number of ether oxygens (including phenoxy) is 2. The summed E-state index contributed by atoms with van der Waals surface area (Å²) >= 11 is 0. The second-order valence-electron chi connectivity index (χ2n) is 4.09. The van der Waals surface area contributed by atoms with Crippen molar-refractivity contribution in [3.05, 3.63) is 28.8 Å². The third-order valence-corrected chi connectivity index (χ3v) is 2.29. The summed E-state index contributed by atoms with van der Waals surface area (Å²) in [6, 6.07) is 3.68.